The van der Waals surface area contributed by atoms with Gasteiger partial charge in [0.25, 0.3) is 0 Å². The van der Waals surface area contributed by atoms with E-state index in [1.54, 1.807) is 0 Å². The van der Waals surface area contributed by atoms with Gasteiger partial charge in [0.2, 0.25) is 0 Å². The van der Waals surface area contributed by atoms with Crippen LogP contribution in [0.5, 0.6) is 0 Å². The molecule has 1 nitrogen and oxygen atoms in total. The Bertz CT molecular complexity index is 540. The third-order valence-electron chi connectivity index (χ3n) is 10.8. The van der Waals surface area contributed by atoms with Gasteiger partial charge in [-0.2, -0.15) is 0 Å². The lowest BCUT2D eigenvalue weighted by Crippen LogP contribution is -2.54. The zero-order chi connectivity index (χ0) is 20.1. The second-order valence-electron chi connectivity index (χ2n) is 12.6. The molecular weight excluding hydrogens is 340 g/mol. The van der Waals surface area contributed by atoms with Crippen LogP contribution in [0.25, 0.3) is 0 Å². The second kappa shape index (κ2) is 7.90. The van der Waals surface area contributed by atoms with Crippen LogP contribution in [0.2, 0.25) is 0 Å². The van der Waals surface area contributed by atoms with Crippen molar-refractivity contribution in [1.29, 1.82) is 0 Å². The van der Waals surface area contributed by atoms with E-state index in [-0.39, 0.29) is 6.10 Å². The molecule has 0 aliphatic heterocycles. The maximum absolute atomic E-state index is 10.3. The minimum atomic E-state index is -0.00830. The van der Waals surface area contributed by atoms with Crippen molar-refractivity contribution in [3.63, 3.8) is 0 Å². The Hall–Kier alpha value is -0.0400. The molecule has 4 aliphatic carbocycles. The topological polar surface area (TPSA) is 20.2 Å². The van der Waals surface area contributed by atoms with Crippen molar-refractivity contribution in [3.8, 4) is 0 Å². The summed E-state index contributed by atoms with van der Waals surface area (Å²) in [5, 5.41) is 10.3. The summed E-state index contributed by atoms with van der Waals surface area (Å²) in [5.41, 5.74) is 1.15. The van der Waals surface area contributed by atoms with Gasteiger partial charge in [0.05, 0.1) is 6.10 Å². The van der Waals surface area contributed by atoms with E-state index in [4.69, 9.17) is 0 Å². The summed E-state index contributed by atoms with van der Waals surface area (Å²) in [6, 6.07) is 0. The average molecular weight is 389 g/mol. The molecule has 0 radical (unpaired) electrons. The van der Waals surface area contributed by atoms with Crippen LogP contribution in [-0.2, 0) is 0 Å². The zero-order valence-electron chi connectivity index (χ0n) is 19.6. The zero-order valence-corrected chi connectivity index (χ0v) is 19.6. The predicted octanol–water partition coefficient (Wildman–Crippen LogP) is 7.47. The molecule has 9 atom stereocenters. The molecule has 0 amide bonds. The summed E-state index contributed by atoms with van der Waals surface area (Å²) in [7, 11) is 0. The molecule has 2 unspecified atom stereocenters. The standard InChI is InChI=1S/C27H48O/c1-18(2)7-6-8-19(3)23-11-12-24-22-10-9-20-17-21(28)13-15-26(20,4)25(22)14-16-27(23,24)5/h18-25,28H,6-17H2,1-5H3/t19-,20+,21+,22+,23-,24?,25?,26+,27-/m1/s1. The number of aliphatic hydroxyl groups is 1. The van der Waals surface area contributed by atoms with E-state index in [1.165, 1.54) is 64.2 Å². The molecule has 28 heavy (non-hydrogen) atoms. The first kappa shape index (κ1) is 21.2. The van der Waals surface area contributed by atoms with Crippen LogP contribution >= 0.6 is 0 Å². The van der Waals surface area contributed by atoms with Gasteiger partial charge in [0.1, 0.15) is 0 Å². The van der Waals surface area contributed by atoms with Gasteiger partial charge in [0.15, 0.2) is 0 Å². The van der Waals surface area contributed by atoms with Crippen LogP contribution in [0.1, 0.15) is 112 Å². The SMILES string of the molecule is CC(C)CCC[C@@H](C)[C@H]1CCC2[C@@H]3CC[C@H]4C[C@@H](O)CC[C@]4(C)C3CC[C@@]21C. The fourth-order valence-corrected chi connectivity index (χ4v) is 9.26. The Morgan fingerprint density at radius 2 is 1.54 bits per heavy atom. The summed E-state index contributed by atoms with van der Waals surface area (Å²) >= 11 is 0. The molecule has 0 aromatic rings. The van der Waals surface area contributed by atoms with Gasteiger partial charge in [-0.1, -0.05) is 53.9 Å². The summed E-state index contributed by atoms with van der Waals surface area (Å²) < 4.78 is 0. The summed E-state index contributed by atoms with van der Waals surface area (Å²) in [5.74, 6) is 6.49. The highest BCUT2D eigenvalue weighted by Crippen LogP contribution is 2.68. The van der Waals surface area contributed by atoms with Gasteiger partial charge >= 0.3 is 0 Å². The van der Waals surface area contributed by atoms with Crippen LogP contribution in [0.4, 0.5) is 0 Å². The second-order valence-corrected chi connectivity index (χ2v) is 12.6. The van der Waals surface area contributed by atoms with Gasteiger partial charge in [-0.15, -0.1) is 0 Å². The lowest BCUT2D eigenvalue weighted by Gasteiger charge is -2.61. The monoisotopic (exact) mass is 388 g/mol. The van der Waals surface area contributed by atoms with Crippen molar-refractivity contribution >= 4 is 0 Å². The molecule has 1 N–H and O–H groups in total. The van der Waals surface area contributed by atoms with Crippen LogP contribution in [0, 0.1) is 52.3 Å². The first-order valence-electron chi connectivity index (χ1n) is 12.9. The van der Waals surface area contributed by atoms with Crippen molar-refractivity contribution in [1.82, 2.24) is 0 Å². The van der Waals surface area contributed by atoms with E-state index >= 15 is 0 Å². The molecule has 4 rings (SSSR count). The smallest absolute Gasteiger partial charge is 0.0543 e. The summed E-state index contributed by atoms with van der Waals surface area (Å²) in [4.78, 5) is 0. The summed E-state index contributed by atoms with van der Waals surface area (Å²) in [6.45, 7) is 12.7. The van der Waals surface area contributed by atoms with Crippen molar-refractivity contribution in [2.45, 2.75) is 118 Å². The van der Waals surface area contributed by atoms with Crippen molar-refractivity contribution in [2.75, 3.05) is 0 Å². The van der Waals surface area contributed by atoms with Crippen molar-refractivity contribution in [3.05, 3.63) is 0 Å². The molecule has 0 aromatic heterocycles. The summed E-state index contributed by atoms with van der Waals surface area (Å²) in [6.07, 6.45) is 16.6. The number of hydrogen-bond donors (Lipinski definition) is 1. The molecule has 0 bridgehead atoms. The number of rotatable bonds is 5. The van der Waals surface area contributed by atoms with E-state index in [2.05, 4.69) is 34.6 Å². The number of fused-ring (bicyclic) bond motifs is 5. The lowest BCUT2D eigenvalue weighted by atomic mass is 9.44. The Morgan fingerprint density at radius 3 is 2.29 bits per heavy atom. The van der Waals surface area contributed by atoms with E-state index in [1.807, 2.05) is 0 Å². The molecule has 162 valence electrons. The third-order valence-corrected chi connectivity index (χ3v) is 10.8. The van der Waals surface area contributed by atoms with Gasteiger partial charge in [0, 0.05) is 0 Å². The first-order chi connectivity index (χ1) is 13.3. The molecule has 4 fully saturated rings. The van der Waals surface area contributed by atoms with Gasteiger partial charge in [-0.3, -0.25) is 0 Å². The fraction of sp³-hybridized carbons (Fsp3) is 1.00. The van der Waals surface area contributed by atoms with Gasteiger partial charge < -0.3 is 5.11 Å². The Morgan fingerprint density at radius 1 is 0.821 bits per heavy atom. The predicted molar refractivity (Wildman–Crippen MR) is 119 cm³/mol. The molecule has 4 aliphatic rings. The van der Waals surface area contributed by atoms with E-state index in [9.17, 15) is 5.11 Å². The highest BCUT2D eigenvalue weighted by molar-refractivity contribution is 5.09. The minimum Gasteiger partial charge on any atom is -0.393 e. The minimum absolute atomic E-state index is 0.00830. The van der Waals surface area contributed by atoms with E-state index in [0.29, 0.717) is 10.8 Å². The quantitative estimate of drug-likeness (QED) is 0.518. The maximum atomic E-state index is 10.3. The molecule has 1 heteroatoms. The molecular formula is C27H48O. The van der Waals surface area contributed by atoms with Crippen LogP contribution in [-0.4, -0.2) is 11.2 Å². The third kappa shape index (κ3) is 3.50. The van der Waals surface area contributed by atoms with Crippen LogP contribution in [0.15, 0.2) is 0 Å². The van der Waals surface area contributed by atoms with E-state index < -0.39 is 0 Å². The maximum Gasteiger partial charge on any atom is 0.0543 e. The van der Waals surface area contributed by atoms with Gasteiger partial charge in [-0.05, 0) is 110 Å². The van der Waals surface area contributed by atoms with Crippen molar-refractivity contribution < 1.29 is 5.11 Å². The molecule has 0 heterocycles. The van der Waals surface area contributed by atoms with Crippen LogP contribution in [0.3, 0.4) is 0 Å². The Labute approximate surface area is 175 Å². The normalized spacial score (nSPS) is 49.4. The highest BCUT2D eigenvalue weighted by Gasteiger charge is 2.60. The molecule has 0 saturated heterocycles. The Balaban J connectivity index is 1.46. The number of hydrogen-bond acceptors (Lipinski definition) is 1. The first-order valence-corrected chi connectivity index (χ1v) is 12.9. The lowest BCUT2D eigenvalue weighted by molar-refractivity contribution is -0.129. The Kier molecular flexibility index (Phi) is 5.98. The largest absolute Gasteiger partial charge is 0.393 e. The molecule has 0 spiro atoms. The van der Waals surface area contributed by atoms with Gasteiger partial charge in [-0.25, -0.2) is 0 Å². The van der Waals surface area contributed by atoms with E-state index in [0.717, 1.165) is 54.3 Å². The molecule has 4 saturated carbocycles. The fourth-order valence-electron chi connectivity index (χ4n) is 9.26. The molecule has 0 aromatic carbocycles. The average Bonchev–Trinajstić information content (AvgIpc) is 2.99. The van der Waals surface area contributed by atoms with Crippen molar-refractivity contribution in [2.24, 2.45) is 52.3 Å². The highest BCUT2D eigenvalue weighted by atomic mass is 16.3. The number of aliphatic hydroxyl groups excluding tert-OH is 1. The van der Waals surface area contributed by atoms with Crippen LogP contribution < -0.4 is 0 Å².